The van der Waals surface area contributed by atoms with Crippen LogP contribution < -0.4 is 5.32 Å². The smallest absolute Gasteiger partial charge is 0.0384 e. The van der Waals surface area contributed by atoms with Crippen LogP contribution in [0.2, 0.25) is 0 Å². The molecule has 0 radical (unpaired) electrons. The van der Waals surface area contributed by atoms with E-state index in [9.17, 15) is 0 Å². The van der Waals surface area contributed by atoms with Gasteiger partial charge < -0.3 is 5.32 Å². The maximum Gasteiger partial charge on any atom is 0.0384 e. The summed E-state index contributed by atoms with van der Waals surface area (Å²) >= 11 is 0. The van der Waals surface area contributed by atoms with Gasteiger partial charge in [0.05, 0.1) is 0 Å². The minimum atomic E-state index is 0.524. The molecule has 0 amide bonds. The highest BCUT2D eigenvalue weighted by atomic mass is 14.9. The minimum Gasteiger partial charge on any atom is -0.356 e. The monoisotopic (exact) mass is 421 g/mol. The normalized spacial score (nSPS) is 50.2. The molecule has 10 rings (SSSR count). The third kappa shape index (κ3) is 1.97. The lowest BCUT2D eigenvalue weighted by molar-refractivity contribution is -0.175. The summed E-state index contributed by atoms with van der Waals surface area (Å²) in [5.41, 5.74) is 7.62. The van der Waals surface area contributed by atoms with Crippen molar-refractivity contribution < 1.29 is 0 Å². The Morgan fingerprint density at radius 1 is 0.562 bits per heavy atom. The summed E-state index contributed by atoms with van der Waals surface area (Å²) in [4.78, 5) is 0. The Hall–Kier alpha value is -1.76. The van der Waals surface area contributed by atoms with E-state index >= 15 is 0 Å². The molecule has 8 saturated carbocycles. The van der Waals surface area contributed by atoms with Gasteiger partial charge in [0.1, 0.15) is 0 Å². The summed E-state index contributed by atoms with van der Waals surface area (Å²) in [6.45, 7) is 0. The number of anilines is 2. The van der Waals surface area contributed by atoms with Gasteiger partial charge in [-0.1, -0.05) is 24.3 Å². The van der Waals surface area contributed by atoms with Crippen molar-refractivity contribution in [1.82, 2.24) is 0 Å². The third-order valence-corrected chi connectivity index (χ3v) is 12.5. The maximum absolute atomic E-state index is 3.70. The van der Waals surface area contributed by atoms with Crippen LogP contribution in [0.25, 0.3) is 0 Å². The van der Waals surface area contributed by atoms with Crippen LogP contribution >= 0.6 is 0 Å². The fourth-order valence-corrected chi connectivity index (χ4v) is 11.6. The largest absolute Gasteiger partial charge is 0.356 e. The molecule has 8 aliphatic carbocycles. The van der Waals surface area contributed by atoms with Gasteiger partial charge in [-0.15, -0.1) is 0 Å². The van der Waals surface area contributed by atoms with E-state index < -0.39 is 0 Å². The first kappa shape index (κ1) is 17.7. The molecule has 1 heteroatoms. The second kappa shape index (κ2) is 5.48. The van der Waals surface area contributed by atoms with Crippen LogP contribution in [0.3, 0.4) is 0 Å². The Bertz CT molecular complexity index is 1070. The van der Waals surface area contributed by atoms with Gasteiger partial charge in [0.25, 0.3) is 0 Å². The van der Waals surface area contributed by atoms with Crippen LogP contribution in [0, 0.1) is 40.9 Å². The summed E-state index contributed by atoms with van der Waals surface area (Å²) in [5.74, 6) is 6.36. The summed E-state index contributed by atoms with van der Waals surface area (Å²) < 4.78 is 0. The van der Waals surface area contributed by atoms with E-state index in [1.807, 2.05) is 0 Å². The van der Waals surface area contributed by atoms with Gasteiger partial charge in [-0.05, 0) is 151 Å². The highest BCUT2D eigenvalue weighted by Crippen LogP contribution is 2.84. The average molecular weight is 422 g/mol. The fourth-order valence-electron chi connectivity index (χ4n) is 11.6. The molecule has 1 nitrogen and oxygen atoms in total. The Kier molecular flexibility index (Phi) is 3.03. The zero-order chi connectivity index (χ0) is 20.7. The highest BCUT2D eigenvalue weighted by molar-refractivity contribution is 5.61. The number of rotatable bonds is 4. The molecule has 8 aliphatic rings. The number of hydrogen-bond donors (Lipinski definition) is 1. The minimum absolute atomic E-state index is 0.524. The van der Waals surface area contributed by atoms with E-state index in [0.29, 0.717) is 10.8 Å². The number of fused-ring (bicyclic) bond motifs is 1. The fraction of sp³-hybridized carbons (Fsp3) is 0.613. The Morgan fingerprint density at radius 3 is 1.62 bits per heavy atom. The van der Waals surface area contributed by atoms with Gasteiger partial charge in [0.15, 0.2) is 0 Å². The average Bonchev–Trinajstić information content (AvgIpc) is 3.45. The quantitative estimate of drug-likeness (QED) is 0.536. The number of hydrogen-bond acceptors (Lipinski definition) is 1. The molecule has 0 aliphatic heterocycles. The van der Waals surface area contributed by atoms with Gasteiger partial charge in [0, 0.05) is 11.4 Å². The molecule has 8 fully saturated rings. The number of benzene rings is 2. The summed E-state index contributed by atoms with van der Waals surface area (Å²) in [5, 5.41) is 3.70. The van der Waals surface area contributed by atoms with Crippen LogP contribution in [0.4, 0.5) is 11.4 Å². The first-order chi connectivity index (χ1) is 15.6. The van der Waals surface area contributed by atoms with Crippen molar-refractivity contribution in [3.63, 3.8) is 0 Å². The third-order valence-electron chi connectivity index (χ3n) is 12.5. The van der Waals surface area contributed by atoms with Crippen LogP contribution in [0.5, 0.6) is 0 Å². The molecule has 4 atom stereocenters. The Labute approximate surface area is 192 Å². The van der Waals surface area contributed by atoms with E-state index in [1.165, 1.54) is 62.7 Å². The molecule has 0 heterocycles. The standard InChI is InChI=1S/C31H35N/c1-5-27(6-2-22(1)29-13-19-9-20(14-29)21(10-19)15-29)32-28-7-3-23(4-8-28)30-16-25-11-24-12-26(17-30)31(24,25)18-30/h1-8,19-21,24-26,32H,9-18H2. The molecule has 4 unspecified atom stereocenters. The van der Waals surface area contributed by atoms with E-state index in [2.05, 4.69) is 53.8 Å². The molecule has 1 spiro atoms. The van der Waals surface area contributed by atoms with Crippen molar-refractivity contribution in [3.05, 3.63) is 59.7 Å². The summed E-state index contributed by atoms with van der Waals surface area (Å²) in [6.07, 6.45) is 15.0. The van der Waals surface area contributed by atoms with Crippen molar-refractivity contribution in [3.8, 4) is 0 Å². The van der Waals surface area contributed by atoms with Crippen molar-refractivity contribution in [2.45, 2.75) is 75.0 Å². The lowest BCUT2D eigenvalue weighted by Gasteiger charge is -2.66. The zero-order valence-corrected chi connectivity index (χ0v) is 19.2. The molecule has 2 aromatic carbocycles. The van der Waals surface area contributed by atoms with Crippen LogP contribution in [-0.4, -0.2) is 0 Å². The van der Waals surface area contributed by atoms with Gasteiger partial charge in [-0.3, -0.25) is 0 Å². The molecule has 0 aromatic heterocycles. The summed E-state index contributed by atoms with van der Waals surface area (Å²) in [7, 11) is 0. The van der Waals surface area contributed by atoms with E-state index in [-0.39, 0.29) is 0 Å². The predicted octanol–water partition coefficient (Wildman–Crippen LogP) is 7.59. The van der Waals surface area contributed by atoms with Crippen molar-refractivity contribution in [2.24, 2.45) is 40.9 Å². The SMILES string of the molecule is c1cc(C23CC4CC(C2)C(C4)C3)ccc1Nc1ccc(C23CC4CC5CC(C2)C54C3)cc1. The number of nitrogens with one attached hydrogen (secondary N) is 1. The molecular formula is C31H35N. The second-order valence-corrected chi connectivity index (χ2v) is 13.6. The molecule has 0 saturated heterocycles. The van der Waals surface area contributed by atoms with Gasteiger partial charge in [0.2, 0.25) is 0 Å². The highest BCUT2D eigenvalue weighted by Gasteiger charge is 2.77. The summed E-state index contributed by atoms with van der Waals surface area (Å²) in [6, 6.07) is 19.2. The van der Waals surface area contributed by atoms with Gasteiger partial charge >= 0.3 is 0 Å². The van der Waals surface area contributed by atoms with E-state index in [0.717, 1.165) is 40.9 Å². The molecule has 6 bridgehead atoms. The van der Waals surface area contributed by atoms with Crippen molar-refractivity contribution in [2.75, 3.05) is 5.32 Å². The molecule has 164 valence electrons. The van der Waals surface area contributed by atoms with Crippen molar-refractivity contribution in [1.29, 1.82) is 0 Å². The first-order valence-corrected chi connectivity index (χ1v) is 13.6. The maximum atomic E-state index is 3.70. The molecule has 1 N–H and O–H groups in total. The van der Waals surface area contributed by atoms with Gasteiger partial charge in [-0.2, -0.15) is 0 Å². The van der Waals surface area contributed by atoms with E-state index in [1.54, 1.807) is 24.0 Å². The lowest BCUT2D eigenvalue weighted by atomic mass is 9.38. The van der Waals surface area contributed by atoms with Crippen LogP contribution in [0.1, 0.15) is 75.3 Å². The molecule has 2 aromatic rings. The predicted molar refractivity (Wildman–Crippen MR) is 129 cm³/mol. The molecule has 32 heavy (non-hydrogen) atoms. The van der Waals surface area contributed by atoms with E-state index in [4.69, 9.17) is 0 Å². The van der Waals surface area contributed by atoms with Crippen LogP contribution in [-0.2, 0) is 10.8 Å². The topological polar surface area (TPSA) is 12.0 Å². The Morgan fingerprint density at radius 2 is 1.12 bits per heavy atom. The Balaban J connectivity index is 0.939. The van der Waals surface area contributed by atoms with Crippen molar-refractivity contribution >= 4 is 11.4 Å². The zero-order valence-electron chi connectivity index (χ0n) is 19.2. The van der Waals surface area contributed by atoms with Gasteiger partial charge in [-0.25, -0.2) is 0 Å². The first-order valence-electron chi connectivity index (χ1n) is 13.6. The lowest BCUT2D eigenvalue weighted by Crippen LogP contribution is -2.59. The second-order valence-electron chi connectivity index (χ2n) is 13.6. The molecular weight excluding hydrogens is 386 g/mol. The van der Waals surface area contributed by atoms with Crippen LogP contribution in [0.15, 0.2) is 48.5 Å².